The van der Waals surface area contributed by atoms with Gasteiger partial charge in [-0.1, -0.05) is 13.8 Å². The largest absolute Gasteiger partial charge is 0.382 e. The quantitative estimate of drug-likeness (QED) is 0.276. The Labute approximate surface area is 144 Å². The highest BCUT2D eigenvalue weighted by Gasteiger charge is 2.02. The molecule has 0 bridgehead atoms. The average Bonchev–Trinajstić information content (AvgIpc) is 2.54. The fraction of sp³-hybridized carbons (Fsp3) is 0.944. The highest BCUT2D eigenvalue weighted by Crippen LogP contribution is 1.96. The average molecular weight is 329 g/mol. The molecule has 0 aliphatic rings. The summed E-state index contributed by atoms with van der Waals surface area (Å²) in [6.45, 7) is 16.6. The van der Waals surface area contributed by atoms with Crippen LogP contribution >= 0.6 is 0 Å². The van der Waals surface area contributed by atoms with Gasteiger partial charge < -0.3 is 20.3 Å². The lowest BCUT2D eigenvalue weighted by Gasteiger charge is -2.20. The van der Waals surface area contributed by atoms with Crippen molar-refractivity contribution in [2.45, 2.75) is 59.8 Å². The number of guanidine groups is 1. The van der Waals surface area contributed by atoms with E-state index in [4.69, 9.17) is 4.74 Å². The third kappa shape index (κ3) is 14.5. The van der Waals surface area contributed by atoms with Gasteiger partial charge in [0.25, 0.3) is 0 Å². The zero-order valence-electron chi connectivity index (χ0n) is 16.0. The molecule has 0 saturated heterocycles. The van der Waals surface area contributed by atoms with E-state index in [2.05, 4.69) is 41.3 Å². The van der Waals surface area contributed by atoms with Crippen molar-refractivity contribution >= 4 is 5.96 Å². The molecule has 0 atom stereocenters. The lowest BCUT2D eigenvalue weighted by Crippen LogP contribution is -2.38. The second-order valence-electron chi connectivity index (χ2n) is 5.79. The van der Waals surface area contributed by atoms with Crippen molar-refractivity contribution < 1.29 is 4.74 Å². The van der Waals surface area contributed by atoms with Crippen LogP contribution in [0.2, 0.25) is 0 Å². The van der Waals surface area contributed by atoms with Crippen molar-refractivity contribution in [1.82, 2.24) is 15.5 Å². The molecule has 0 aromatic heterocycles. The number of ether oxygens (including phenoxy) is 1. The minimum Gasteiger partial charge on any atom is -0.382 e. The van der Waals surface area contributed by atoms with Crippen molar-refractivity contribution in [3.05, 3.63) is 0 Å². The molecular weight excluding hydrogens is 288 g/mol. The molecule has 0 aliphatic carbocycles. The van der Waals surface area contributed by atoms with Gasteiger partial charge in [-0.15, -0.1) is 0 Å². The Hall–Kier alpha value is -0.810. The minimum atomic E-state index is 0.810. The van der Waals surface area contributed by atoms with E-state index in [1.54, 1.807) is 0 Å². The number of hydrogen-bond donors (Lipinski definition) is 2. The summed E-state index contributed by atoms with van der Waals surface area (Å²) in [7, 11) is 0. The van der Waals surface area contributed by atoms with Gasteiger partial charge in [-0.25, -0.2) is 0 Å². The van der Waals surface area contributed by atoms with E-state index < -0.39 is 0 Å². The van der Waals surface area contributed by atoms with Gasteiger partial charge >= 0.3 is 0 Å². The van der Waals surface area contributed by atoms with Gasteiger partial charge in [0.2, 0.25) is 0 Å². The van der Waals surface area contributed by atoms with Crippen LogP contribution in [0.5, 0.6) is 0 Å². The van der Waals surface area contributed by atoms with E-state index in [0.717, 1.165) is 64.6 Å². The van der Waals surface area contributed by atoms with E-state index in [0.29, 0.717) is 0 Å². The highest BCUT2D eigenvalue weighted by molar-refractivity contribution is 5.79. The second-order valence-corrected chi connectivity index (χ2v) is 5.79. The van der Waals surface area contributed by atoms with E-state index in [1.807, 2.05) is 6.92 Å². The third-order valence-electron chi connectivity index (χ3n) is 3.54. The Morgan fingerprint density at radius 1 is 0.913 bits per heavy atom. The molecule has 0 radical (unpaired) electrons. The molecule has 5 nitrogen and oxygen atoms in total. The maximum Gasteiger partial charge on any atom is 0.191 e. The van der Waals surface area contributed by atoms with E-state index in [-0.39, 0.29) is 0 Å². The van der Waals surface area contributed by atoms with E-state index in [1.165, 1.54) is 25.9 Å². The van der Waals surface area contributed by atoms with Crippen LogP contribution in [0.4, 0.5) is 0 Å². The molecule has 0 fully saturated rings. The zero-order chi connectivity index (χ0) is 17.2. The lowest BCUT2D eigenvalue weighted by molar-refractivity contribution is 0.143. The van der Waals surface area contributed by atoms with Crippen molar-refractivity contribution in [3.8, 4) is 0 Å². The summed E-state index contributed by atoms with van der Waals surface area (Å²) in [4.78, 5) is 7.22. The van der Waals surface area contributed by atoms with Crippen molar-refractivity contribution in [2.24, 2.45) is 4.99 Å². The van der Waals surface area contributed by atoms with E-state index >= 15 is 0 Å². The number of nitrogens with zero attached hydrogens (tertiary/aromatic N) is 2. The Morgan fingerprint density at radius 3 is 2.26 bits per heavy atom. The van der Waals surface area contributed by atoms with Crippen LogP contribution in [0, 0.1) is 0 Å². The molecule has 0 saturated carbocycles. The normalized spacial score (nSPS) is 12.0. The molecule has 0 aromatic carbocycles. The first-order chi connectivity index (χ1) is 11.3. The van der Waals surface area contributed by atoms with Crippen molar-refractivity contribution in [3.63, 3.8) is 0 Å². The molecule has 138 valence electrons. The first-order valence-corrected chi connectivity index (χ1v) is 9.60. The standard InChI is InChI=1S/C18H40N4O/c1-5-14-22(15-6-2)16-11-13-21-18(19-7-3)20-12-9-10-17-23-8-4/h5-17H2,1-4H3,(H2,19,20,21). The summed E-state index contributed by atoms with van der Waals surface area (Å²) in [6, 6.07) is 0. The molecule has 5 heteroatoms. The molecule has 0 spiro atoms. The third-order valence-corrected chi connectivity index (χ3v) is 3.54. The minimum absolute atomic E-state index is 0.810. The monoisotopic (exact) mass is 328 g/mol. The molecule has 23 heavy (non-hydrogen) atoms. The van der Waals surface area contributed by atoms with Crippen LogP contribution in [0.15, 0.2) is 4.99 Å². The zero-order valence-corrected chi connectivity index (χ0v) is 16.0. The Morgan fingerprint density at radius 2 is 1.65 bits per heavy atom. The summed E-state index contributed by atoms with van der Waals surface area (Å²) in [5, 5.41) is 6.72. The van der Waals surface area contributed by atoms with Crippen molar-refractivity contribution in [2.75, 3.05) is 52.5 Å². The Kier molecular flexibility index (Phi) is 16.9. The first-order valence-electron chi connectivity index (χ1n) is 9.60. The van der Waals surface area contributed by atoms with Gasteiger partial charge in [0.05, 0.1) is 0 Å². The summed E-state index contributed by atoms with van der Waals surface area (Å²) in [5.41, 5.74) is 0. The summed E-state index contributed by atoms with van der Waals surface area (Å²) in [6.07, 6.45) is 5.81. The maximum atomic E-state index is 5.35. The van der Waals surface area contributed by atoms with Crippen molar-refractivity contribution in [1.29, 1.82) is 0 Å². The van der Waals surface area contributed by atoms with Crippen LogP contribution in [0.1, 0.15) is 59.8 Å². The smallest absolute Gasteiger partial charge is 0.191 e. The van der Waals surface area contributed by atoms with Crippen LogP contribution in [0.3, 0.4) is 0 Å². The van der Waals surface area contributed by atoms with Gasteiger partial charge in [-0.05, 0) is 65.6 Å². The van der Waals surface area contributed by atoms with Crippen LogP contribution in [-0.2, 0) is 4.74 Å². The van der Waals surface area contributed by atoms with Gasteiger partial charge in [-0.2, -0.15) is 0 Å². The number of aliphatic imine (C=N–C) groups is 1. The SMILES string of the molecule is CCCN(CCC)CCCN=C(NCC)NCCCCOCC. The maximum absolute atomic E-state index is 5.35. The molecule has 0 aromatic rings. The first kappa shape index (κ1) is 22.2. The van der Waals surface area contributed by atoms with Gasteiger partial charge in [-0.3, -0.25) is 4.99 Å². The molecular formula is C18H40N4O. The number of hydrogen-bond acceptors (Lipinski definition) is 3. The topological polar surface area (TPSA) is 48.9 Å². The molecule has 2 N–H and O–H groups in total. The highest BCUT2D eigenvalue weighted by atomic mass is 16.5. The predicted molar refractivity (Wildman–Crippen MR) is 101 cm³/mol. The Balaban J connectivity index is 3.91. The number of rotatable bonds is 15. The Bertz CT molecular complexity index is 266. The molecule has 0 rings (SSSR count). The fourth-order valence-electron chi connectivity index (χ4n) is 2.48. The second kappa shape index (κ2) is 17.5. The number of unbranched alkanes of at least 4 members (excludes halogenated alkanes) is 1. The predicted octanol–water partition coefficient (Wildman–Crippen LogP) is 2.87. The van der Waals surface area contributed by atoms with Gasteiger partial charge in [0.1, 0.15) is 0 Å². The number of nitrogens with one attached hydrogen (secondary N) is 2. The molecule has 0 heterocycles. The molecule has 0 amide bonds. The van der Waals surface area contributed by atoms with Crippen LogP contribution in [0.25, 0.3) is 0 Å². The van der Waals surface area contributed by atoms with Crippen LogP contribution in [-0.4, -0.2) is 63.3 Å². The van der Waals surface area contributed by atoms with Crippen LogP contribution < -0.4 is 10.6 Å². The van der Waals surface area contributed by atoms with Gasteiger partial charge in [0.15, 0.2) is 5.96 Å². The molecule has 0 aliphatic heterocycles. The summed E-state index contributed by atoms with van der Waals surface area (Å²) >= 11 is 0. The lowest BCUT2D eigenvalue weighted by atomic mass is 10.3. The summed E-state index contributed by atoms with van der Waals surface area (Å²) < 4.78 is 5.35. The molecule has 0 unspecified atom stereocenters. The fourth-order valence-corrected chi connectivity index (χ4v) is 2.48. The summed E-state index contributed by atoms with van der Waals surface area (Å²) in [5.74, 6) is 0.946. The van der Waals surface area contributed by atoms with Gasteiger partial charge in [0, 0.05) is 32.8 Å². The van der Waals surface area contributed by atoms with E-state index in [9.17, 15) is 0 Å².